The molecule has 2 heterocycles. The number of nitrogens with two attached hydrogens (primary N) is 1. The number of methoxy groups -OCH3 is 1. The molecular formula is C24H22N4O4. The minimum atomic E-state index is -0.251. The summed E-state index contributed by atoms with van der Waals surface area (Å²) < 4.78 is 16.7. The van der Waals surface area contributed by atoms with Crippen LogP contribution in [0.5, 0.6) is 17.2 Å². The van der Waals surface area contributed by atoms with E-state index in [0.29, 0.717) is 53.0 Å². The van der Waals surface area contributed by atoms with Crippen LogP contribution in [0.1, 0.15) is 10.4 Å². The van der Waals surface area contributed by atoms with Gasteiger partial charge >= 0.3 is 0 Å². The third kappa shape index (κ3) is 4.93. The lowest BCUT2D eigenvalue weighted by Gasteiger charge is -2.13. The second-order valence-corrected chi connectivity index (χ2v) is 6.85. The fraction of sp³-hybridized carbons (Fsp3) is 0.125. The fourth-order valence-corrected chi connectivity index (χ4v) is 3.04. The first-order chi connectivity index (χ1) is 15.6. The standard InChI is InChI=1S/C24H22N4O4/c1-30-12-13-31-22-15-20-18(14-19(22)25)21(9-11-26-20)32-17-7-5-16(6-8-17)24(29)28-23-4-2-3-10-27-23/h2-11,14-15H,12-13,25H2,1H3,(H,27,28,29). The molecule has 0 saturated carbocycles. The van der Waals surface area contributed by atoms with E-state index < -0.39 is 0 Å². The predicted molar refractivity (Wildman–Crippen MR) is 122 cm³/mol. The molecule has 4 aromatic rings. The number of anilines is 2. The van der Waals surface area contributed by atoms with Gasteiger partial charge in [0.05, 0.1) is 17.8 Å². The van der Waals surface area contributed by atoms with Gasteiger partial charge in [-0.3, -0.25) is 9.78 Å². The topological polar surface area (TPSA) is 109 Å². The smallest absolute Gasteiger partial charge is 0.256 e. The molecule has 0 spiro atoms. The Bertz CT molecular complexity index is 1210. The quantitative estimate of drug-likeness (QED) is 0.317. The molecule has 0 atom stereocenters. The van der Waals surface area contributed by atoms with E-state index in [2.05, 4.69) is 15.3 Å². The number of aromatic nitrogens is 2. The van der Waals surface area contributed by atoms with Crippen molar-refractivity contribution in [2.45, 2.75) is 0 Å². The van der Waals surface area contributed by atoms with E-state index in [1.54, 1.807) is 80.2 Å². The van der Waals surface area contributed by atoms with Crippen LogP contribution in [0, 0.1) is 0 Å². The molecular weight excluding hydrogens is 408 g/mol. The molecule has 8 nitrogen and oxygen atoms in total. The lowest BCUT2D eigenvalue weighted by molar-refractivity contribution is 0.102. The number of nitrogens with zero attached hydrogens (tertiary/aromatic N) is 2. The zero-order chi connectivity index (χ0) is 22.3. The van der Waals surface area contributed by atoms with Crippen molar-refractivity contribution in [3.05, 3.63) is 78.6 Å². The molecule has 2 aromatic heterocycles. The molecule has 3 N–H and O–H groups in total. The second-order valence-electron chi connectivity index (χ2n) is 6.85. The molecule has 2 aromatic carbocycles. The highest BCUT2D eigenvalue weighted by Crippen LogP contribution is 2.34. The summed E-state index contributed by atoms with van der Waals surface area (Å²) in [6.07, 6.45) is 3.27. The van der Waals surface area contributed by atoms with E-state index in [9.17, 15) is 4.79 Å². The molecule has 0 aliphatic heterocycles. The van der Waals surface area contributed by atoms with Crippen LogP contribution in [0.2, 0.25) is 0 Å². The van der Waals surface area contributed by atoms with Gasteiger partial charge in [0.2, 0.25) is 0 Å². The summed E-state index contributed by atoms with van der Waals surface area (Å²) in [7, 11) is 1.61. The summed E-state index contributed by atoms with van der Waals surface area (Å²) in [4.78, 5) is 20.9. The molecule has 0 saturated heterocycles. The average molecular weight is 430 g/mol. The van der Waals surface area contributed by atoms with E-state index in [1.165, 1.54) is 0 Å². The predicted octanol–water partition coefficient (Wildman–Crippen LogP) is 4.28. The summed E-state index contributed by atoms with van der Waals surface area (Å²) in [5.74, 6) is 1.95. The number of pyridine rings is 2. The van der Waals surface area contributed by atoms with Gasteiger partial charge in [-0.25, -0.2) is 4.98 Å². The number of rotatable bonds is 8. The number of hydrogen-bond donors (Lipinski definition) is 2. The van der Waals surface area contributed by atoms with Crippen LogP contribution in [-0.4, -0.2) is 36.2 Å². The number of nitrogen functional groups attached to an aromatic ring is 1. The van der Waals surface area contributed by atoms with E-state index in [-0.39, 0.29) is 5.91 Å². The third-order valence-electron chi connectivity index (χ3n) is 4.63. The number of amides is 1. The van der Waals surface area contributed by atoms with Crippen LogP contribution in [0.15, 0.2) is 73.1 Å². The Kier molecular flexibility index (Phi) is 6.43. The fourth-order valence-electron chi connectivity index (χ4n) is 3.04. The zero-order valence-electron chi connectivity index (χ0n) is 17.4. The molecule has 32 heavy (non-hydrogen) atoms. The number of hydrogen-bond acceptors (Lipinski definition) is 7. The highest BCUT2D eigenvalue weighted by atomic mass is 16.5. The van der Waals surface area contributed by atoms with Gasteiger partial charge < -0.3 is 25.3 Å². The van der Waals surface area contributed by atoms with Crippen molar-refractivity contribution in [1.29, 1.82) is 0 Å². The molecule has 0 aliphatic rings. The molecule has 1 amide bonds. The maximum atomic E-state index is 12.4. The molecule has 4 rings (SSSR count). The Morgan fingerprint density at radius 2 is 1.81 bits per heavy atom. The minimum Gasteiger partial charge on any atom is -0.489 e. The molecule has 162 valence electrons. The van der Waals surface area contributed by atoms with Gasteiger partial charge in [-0.15, -0.1) is 0 Å². The van der Waals surface area contributed by atoms with Crippen LogP contribution >= 0.6 is 0 Å². The van der Waals surface area contributed by atoms with Crippen LogP contribution in [0.3, 0.4) is 0 Å². The maximum Gasteiger partial charge on any atom is 0.256 e. The lowest BCUT2D eigenvalue weighted by atomic mass is 10.1. The number of nitrogens with one attached hydrogen (secondary N) is 1. The van der Waals surface area contributed by atoms with Gasteiger partial charge in [-0.05, 0) is 48.5 Å². The summed E-state index contributed by atoms with van der Waals surface area (Å²) in [6, 6.07) is 17.5. The highest BCUT2D eigenvalue weighted by Gasteiger charge is 2.11. The number of ether oxygens (including phenoxy) is 3. The Morgan fingerprint density at radius 1 is 0.969 bits per heavy atom. The van der Waals surface area contributed by atoms with Gasteiger partial charge in [0.15, 0.2) is 0 Å². The first-order valence-corrected chi connectivity index (χ1v) is 9.94. The van der Waals surface area contributed by atoms with Crippen molar-refractivity contribution < 1.29 is 19.0 Å². The Labute approximate surface area is 185 Å². The SMILES string of the molecule is COCCOc1cc2nccc(Oc3ccc(C(=O)Nc4ccccn4)cc3)c2cc1N. The van der Waals surface area contributed by atoms with Gasteiger partial charge in [0, 0.05) is 36.5 Å². The first kappa shape index (κ1) is 21.1. The van der Waals surface area contributed by atoms with E-state index in [4.69, 9.17) is 19.9 Å². The van der Waals surface area contributed by atoms with Crippen LogP contribution in [0.25, 0.3) is 10.9 Å². The van der Waals surface area contributed by atoms with Crippen molar-refractivity contribution in [1.82, 2.24) is 9.97 Å². The Balaban J connectivity index is 1.50. The molecule has 0 unspecified atom stereocenters. The summed E-state index contributed by atoms with van der Waals surface area (Å²) in [5.41, 5.74) is 7.81. The average Bonchev–Trinajstić information content (AvgIpc) is 2.81. The molecule has 8 heteroatoms. The summed E-state index contributed by atoms with van der Waals surface area (Å²) in [5, 5.41) is 3.50. The Hall–Kier alpha value is -4.17. The van der Waals surface area contributed by atoms with Gasteiger partial charge in [-0.2, -0.15) is 0 Å². The van der Waals surface area contributed by atoms with E-state index >= 15 is 0 Å². The van der Waals surface area contributed by atoms with Gasteiger partial charge in [0.1, 0.15) is 29.7 Å². The number of fused-ring (bicyclic) bond motifs is 1. The largest absolute Gasteiger partial charge is 0.489 e. The first-order valence-electron chi connectivity index (χ1n) is 9.94. The molecule has 0 fully saturated rings. The number of carbonyl (C=O) groups excluding carboxylic acids is 1. The zero-order valence-corrected chi connectivity index (χ0v) is 17.4. The van der Waals surface area contributed by atoms with Crippen molar-refractivity contribution >= 4 is 28.3 Å². The third-order valence-corrected chi connectivity index (χ3v) is 4.63. The van der Waals surface area contributed by atoms with Crippen LogP contribution in [-0.2, 0) is 4.74 Å². The monoisotopic (exact) mass is 430 g/mol. The van der Waals surface area contributed by atoms with Crippen LogP contribution in [0.4, 0.5) is 11.5 Å². The van der Waals surface area contributed by atoms with E-state index in [1.807, 2.05) is 0 Å². The lowest BCUT2D eigenvalue weighted by Crippen LogP contribution is -2.12. The van der Waals surface area contributed by atoms with Crippen LogP contribution < -0.4 is 20.5 Å². The van der Waals surface area contributed by atoms with E-state index in [0.717, 1.165) is 5.39 Å². The van der Waals surface area contributed by atoms with Crippen molar-refractivity contribution in [3.8, 4) is 17.2 Å². The molecule has 0 bridgehead atoms. The second kappa shape index (κ2) is 9.76. The normalized spacial score (nSPS) is 10.7. The van der Waals surface area contributed by atoms with Gasteiger partial charge in [-0.1, -0.05) is 6.07 Å². The summed E-state index contributed by atoms with van der Waals surface area (Å²) in [6.45, 7) is 0.854. The van der Waals surface area contributed by atoms with Crippen molar-refractivity contribution in [2.24, 2.45) is 0 Å². The van der Waals surface area contributed by atoms with Gasteiger partial charge in [0.25, 0.3) is 5.91 Å². The molecule has 0 radical (unpaired) electrons. The highest BCUT2D eigenvalue weighted by molar-refractivity contribution is 6.03. The molecule has 0 aliphatic carbocycles. The number of benzene rings is 2. The Morgan fingerprint density at radius 3 is 2.56 bits per heavy atom. The van der Waals surface area contributed by atoms with Crippen molar-refractivity contribution in [3.63, 3.8) is 0 Å². The van der Waals surface area contributed by atoms with Crippen molar-refractivity contribution in [2.75, 3.05) is 31.4 Å². The minimum absolute atomic E-state index is 0.251. The summed E-state index contributed by atoms with van der Waals surface area (Å²) >= 11 is 0. The number of carbonyl (C=O) groups is 1. The maximum absolute atomic E-state index is 12.4.